The van der Waals surface area contributed by atoms with Crippen LogP contribution in [0.3, 0.4) is 0 Å². The molecule has 3 saturated carbocycles. The molecular formula is C21H30O4. The number of Topliss-reactive ketones (excluding diaryl/α,β-unsaturated/α-hetero) is 1. The molecule has 2 unspecified atom stereocenters. The standard InChI is InChI=1S/C21H30O4/c1-11(22)15-10-17(25)19-18-14(5-7-21(15,19)3)20(2)6-4-13(23)8-12(20)9-16(18)24/h8,14-19,24-25H,4-7,9-10H2,1-3H3/t14-,15+,16?,17?,18+,19-,20-,21+/m0/s1. The fourth-order valence-corrected chi connectivity index (χ4v) is 7.21. The average molecular weight is 346 g/mol. The minimum absolute atomic E-state index is 0.0217. The Kier molecular flexibility index (Phi) is 3.83. The van der Waals surface area contributed by atoms with Gasteiger partial charge in [0.2, 0.25) is 0 Å². The monoisotopic (exact) mass is 346 g/mol. The van der Waals surface area contributed by atoms with Gasteiger partial charge < -0.3 is 10.2 Å². The van der Waals surface area contributed by atoms with Gasteiger partial charge in [0.1, 0.15) is 5.78 Å². The molecule has 4 nitrogen and oxygen atoms in total. The zero-order valence-corrected chi connectivity index (χ0v) is 15.5. The molecule has 0 aromatic heterocycles. The van der Waals surface area contributed by atoms with Gasteiger partial charge >= 0.3 is 0 Å². The van der Waals surface area contributed by atoms with Crippen LogP contribution in [0.15, 0.2) is 11.6 Å². The number of rotatable bonds is 1. The SMILES string of the molecule is CC(=O)[C@H]1CC(O)[C@H]2[C@H]3C(O)CC4=CC(=O)CC[C@]4(C)[C@H]3CC[C@]12C. The summed E-state index contributed by atoms with van der Waals surface area (Å²) in [6.45, 7) is 6.05. The lowest BCUT2D eigenvalue weighted by Gasteiger charge is -2.59. The smallest absolute Gasteiger partial charge is 0.155 e. The second-order valence-corrected chi connectivity index (χ2v) is 9.55. The van der Waals surface area contributed by atoms with E-state index in [1.807, 2.05) is 0 Å². The Hall–Kier alpha value is -1.00. The summed E-state index contributed by atoms with van der Waals surface area (Å²) in [5.74, 6) is 0.533. The molecule has 2 N–H and O–H groups in total. The van der Waals surface area contributed by atoms with Crippen molar-refractivity contribution >= 4 is 11.6 Å². The molecule has 4 rings (SSSR count). The summed E-state index contributed by atoms with van der Waals surface area (Å²) < 4.78 is 0. The summed E-state index contributed by atoms with van der Waals surface area (Å²) in [5, 5.41) is 21.9. The van der Waals surface area contributed by atoms with Gasteiger partial charge in [-0.05, 0) is 73.7 Å². The summed E-state index contributed by atoms with van der Waals surface area (Å²) >= 11 is 0. The van der Waals surface area contributed by atoms with Crippen molar-refractivity contribution in [2.45, 2.75) is 71.5 Å². The number of hydrogen-bond donors (Lipinski definition) is 2. The van der Waals surface area contributed by atoms with Crippen molar-refractivity contribution in [2.24, 2.45) is 34.5 Å². The Morgan fingerprint density at radius 2 is 1.92 bits per heavy atom. The average Bonchev–Trinajstić information content (AvgIpc) is 2.81. The normalized spacial score (nSPS) is 52.0. The van der Waals surface area contributed by atoms with Crippen LogP contribution in [0.4, 0.5) is 0 Å². The Balaban J connectivity index is 1.75. The topological polar surface area (TPSA) is 74.6 Å². The van der Waals surface area contributed by atoms with Gasteiger partial charge in [0.25, 0.3) is 0 Å². The molecule has 138 valence electrons. The van der Waals surface area contributed by atoms with Crippen LogP contribution in [0.2, 0.25) is 0 Å². The molecule has 0 aromatic carbocycles. The van der Waals surface area contributed by atoms with Crippen LogP contribution >= 0.6 is 0 Å². The predicted molar refractivity (Wildman–Crippen MR) is 93.7 cm³/mol. The van der Waals surface area contributed by atoms with Crippen LogP contribution in [-0.2, 0) is 9.59 Å². The van der Waals surface area contributed by atoms with Crippen molar-refractivity contribution in [3.05, 3.63) is 11.6 Å². The van der Waals surface area contributed by atoms with E-state index in [1.54, 1.807) is 13.0 Å². The predicted octanol–water partition coefficient (Wildman–Crippen LogP) is 2.67. The molecule has 0 bridgehead atoms. The molecule has 0 heterocycles. The number of ketones is 2. The van der Waals surface area contributed by atoms with E-state index in [-0.39, 0.29) is 46.1 Å². The number of aliphatic hydroxyl groups excluding tert-OH is 2. The van der Waals surface area contributed by atoms with E-state index in [9.17, 15) is 19.8 Å². The quantitative estimate of drug-likeness (QED) is 0.765. The van der Waals surface area contributed by atoms with E-state index in [2.05, 4.69) is 13.8 Å². The molecule has 4 aliphatic rings. The van der Waals surface area contributed by atoms with Gasteiger partial charge in [-0.3, -0.25) is 9.59 Å². The van der Waals surface area contributed by atoms with Crippen molar-refractivity contribution in [1.82, 2.24) is 0 Å². The Morgan fingerprint density at radius 1 is 1.20 bits per heavy atom. The first-order valence-electron chi connectivity index (χ1n) is 9.79. The maximum atomic E-state index is 12.2. The van der Waals surface area contributed by atoms with Crippen molar-refractivity contribution in [2.75, 3.05) is 0 Å². The maximum absolute atomic E-state index is 12.2. The highest BCUT2D eigenvalue weighted by molar-refractivity contribution is 5.91. The summed E-state index contributed by atoms with van der Waals surface area (Å²) in [6.07, 6.45) is 5.12. The van der Waals surface area contributed by atoms with Crippen molar-refractivity contribution in [1.29, 1.82) is 0 Å². The van der Waals surface area contributed by atoms with Gasteiger partial charge in [0.05, 0.1) is 12.2 Å². The zero-order valence-electron chi connectivity index (χ0n) is 15.5. The summed E-state index contributed by atoms with van der Waals surface area (Å²) in [7, 11) is 0. The first-order chi connectivity index (χ1) is 11.7. The minimum Gasteiger partial charge on any atom is -0.393 e. The van der Waals surface area contributed by atoms with Crippen LogP contribution in [0, 0.1) is 34.5 Å². The molecular weight excluding hydrogens is 316 g/mol. The van der Waals surface area contributed by atoms with Crippen LogP contribution in [0.5, 0.6) is 0 Å². The third-order valence-electron chi connectivity index (χ3n) is 8.46. The highest BCUT2D eigenvalue weighted by Crippen LogP contribution is 2.66. The van der Waals surface area contributed by atoms with Gasteiger partial charge in [-0.1, -0.05) is 19.4 Å². The molecule has 0 spiro atoms. The second kappa shape index (κ2) is 5.50. The minimum atomic E-state index is -0.528. The van der Waals surface area contributed by atoms with Crippen LogP contribution in [0.1, 0.15) is 59.3 Å². The van der Waals surface area contributed by atoms with Crippen molar-refractivity contribution < 1.29 is 19.8 Å². The van der Waals surface area contributed by atoms with E-state index in [4.69, 9.17) is 0 Å². The van der Waals surface area contributed by atoms with E-state index < -0.39 is 12.2 Å². The molecule has 0 saturated heterocycles. The van der Waals surface area contributed by atoms with E-state index in [0.717, 1.165) is 24.8 Å². The molecule has 8 atom stereocenters. The second-order valence-electron chi connectivity index (χ2n) is 9.55. The largest absolute Gasteiger partial charge is 0.393 e. The third kappa shape index (κ3) is 2.26. The molecule has 4 heteroatoms. The van der Waals surface area contributed by atoms with Gasteiger partial charge in [0.15, 0.2) is 5.78 Å². The first-order valence-corrected chi connectivity index (χ1v) is 9.79. The summed E-state index contributed by atoms with van der Waals surface area (Å²) in [6, 6.07) is 0. The van der Waals surface area contributed by atoms with E-state index in [1.165, 1.54) is 0 Å². The number of aliphatic hydroxyl groups is 2. The molecule has 25 heavy (non-hydrogen) atoms. The summed E-state index contributed by atoms with van der Waals surface area (Å²) in [4.78, 5) is 24.1. The van der Waals surface area contributed by atoms with Crippen LogP contribution in [-0.4, -0.2) is 34.0 Å². The van der Waals surface area contributed by atoms with E-state index in [0.29, 0.717) is 19.3 Å². The van der Waals surface area contributed by atoms with Gasteiger partial charge in [-0.2, -0.15) is 0 Å². The number of fused-ring (bicyclic) bond motifs is 5. The number of carbonyl (C=O) groups is 2. The van der Waals surface area contributed by atoms with E-state index >= 15 is 0 Å². The highest BCUT2D eigenvalue weighted by Gasteiger charge is 2.64. The molecule has 0 aliphatic heterocycles. The van der Waals surface area contributed by atoms with Crippen molar-refractivity contribution in [3.63, 3.8) is 0 Å². The fourth-order valence-electron chi connectivity index (χ4n) is 7.21. The van der Waals surface area contributed by atoms with Gasteiger partial charge in [0, 0.05) is 12.3 Å². The lowest BCUT2D eigenvalue weighted by Crippen LogP contribution is -2.57. The van der Waals surface area contributed by atoms with Crippen LogP contribution < -0.4 is 0 Å². The number of carbonyl (C=O) groups excluding carboxylic acids is 2. The van der Waals surface area contributed by atoms with Gasteiger partial charge in [-0.25, -0.2) is 0 Å². The molecule has 3 fully saturated rings. The first kappa shape index (κ1) is 17.4. The fraction of sp³-hybridized carbons (Fsp3) is 0.810. The number of hydrogen-bond acceptors (Lipinski definition) is 4. The zero-order chi connectivity index (χ0) is 18.1. The highest BCUT2D eigenvalue weighted by atomic mass is 16.3. The molecule has 0 radical (unpaired) electrons. The molecule has 0 amide bonds. The Morgan fingerprint density at radius 3 is 2.60 bits per heavy atom. The Bertz CT molecular complexity index is 652. The maximum Gasteiger partial charge on any atom is 0.155 e. The summed E-state index contributed by atoms with van der Waals surface area (Å²) in [5.41, 5.74) is 0.847. The lowest BCUT2D eigenvalue weighted by atomic mass is 9.46. The molecule has 0 aromatic rings. The van der Waals surface area contributed by atoms with Gasteiger partial charge in [-0.15, -0.1) is 0 Å². The molecule has 4 aliphatic carbocycles. The Labute approximate surface area is 149 Å². The lowest BCUT2D eigenvalue weighted by molar-refractivity contribution is -0.142. The third-order valence-corrected chi connectivity index (χ3v) is 8.46. The van der Waals surface area contributed by atoms with Crippen LogP contribution in [0.25, 0.3) is 0 Å². The van der Waals surface area contributed by atoms with Crippen molar-refractivity contribution in [3.8, 4) is 0 Å².